The summed E-state index contributed by atoms with van der Waals surface area (Å²) in [7, 11) is 0. The van der Waals surface area contributed by atoms with E-state index in [1.54, 1.807) is 0 Å². The van der Waals surface area contributed by atoms with Crippen LogP contribution >= 0.6 is 0 Å². The Hall–Kier alpha value is -2.01. The highest BCUT2D eigenvalue weighted by atomic mass is 19.4. The number of benzene rings is 2. The van der Waals surface area contributed by atoms with Crippen LogP contribution in [0.4, 0.5) is 13.2 Å². The van der Waals surface area contributed by atoms with Crippen LogP contribution < -0.4 is 10.1 Å². The number of rotatable bonds is 2. The molecule has 110 valence electrons. The third-order valence-corrected chi connectivity index (χ3v) is 3.48. The minimum atomic E-state index is -4.32. The SMILES string of the molecule is FC(F)(F)c1ccc(Oc2ccc3c(c2)CCNC3)cc1. The Morgan fingerprint density at radius 2 is 1.62 bits per heavy atom. The van der Waals surface area contributed by atoms with Crippen LogP contribution in [0.15, 0.2) is 42.5 Å². The second kappa shape index (κ2) is 5.41. The molecule has 0 radical (unpaired) electrons. The van der Waals surface area contributed by atoms with Crippen molar-refractivity contribution in [2.45, 2.75) is 19.1 Å². The molecule has 0 aliphatic carbocycles. The molecule has 2 aromatic rings. The van der Waals surface area contributed by atoms with Crippen molar-refractivity contribution in [2.24, 2.45) is 0 Å². The van der Waals surface area contributed by atoms with Gasteiger partial charge in [0, 0.05) is 6.54 Å². The van der Waals surface area contributed by atoms with Gasteiger partial charge in [0.05, 0.1) is 5.56 Å². The maximum Gasteiger partial charge on any atom is 0.416 e. The fraction of sp³-hybridized carbons (Fsp3) is 0.250. The van der Waals surface area contributed by atoms with Gasteiger partial charge in [-0.2, -0.15) is 13.2 Å². The van der Waals surface area contributed by atoms with Crippen molar-refractivity contribution in [1.82, 2.24) is 5.32 Å². The minimum absolute atomic E-state index is 0.400. The highest BCUT2D eigenvalue weighted by molar-refractivity contribution is 5.40. The van der Waals surface area contributed by atoms with Crippen LogP contribution in [-0.4, -0.2) is 6.54 Å². The van der Waals surface area contributed by atoms with E-state index in [0.717, 1.165) is 31.6 Å². The number of fused-ring (bicyclic) bond motifs is 1. The molecule has 0 saturated carbocycles. The summed E-state index contributed by atoms with van der Waals surface area (Å²) in [6.07, 6.45) is -3.39. The van der Waals surface area contributed by atoms with Crippen LogP contribution in [0.1, 0.15) is 16.7 Å². The monoisotopic (exact) mass is 293 g/mol. The highest BCUT2D eigenvalue weighted by Gasteiger charge is 2.30. The molecule has 0 saturated heterocycles. The van der Waals surface area contributed by atoms with Gasteiger partial charge in [-0.05, 0) is 60.5 Å². The zero-order chi connectivity index (χ0) is 14.9. The number of hydrogen-bond donors (Lipinski definition) is 1. The van der Waals surface area contributed by atoms with Crippen molar-refractivity contribution in [1.29, 1.82) is 0 Å². The number of halogens is 3. The molecule has 21 heavy (non-hydrogen) atoms. The molecule has 0 aromatic heterocycles. The van der Waals surface area contributed by atoms with Crippen molar-refractivity contribution < 1.29 is 17.9 Å². The van der Waals surface area contributed by atoms with Crippen LogP contribution in [0.25, 0.3) is 0 Å². The van der Waals surface area contributed by atoms with Crippen LogP contribution in [0.3, 0.4) is 0 Å². The van der Waals surface area contributed by atoms with Gasteiger partial charge in [0.2, 0.25) is 0 Å². The van der Waals surface area contributed by atoms with E-state index in [0.29, 0.717) is 11.5 Å². The zero-order valence-corrected chi connectivity index (χ0v) is 11.2. The highest BCUT2D eigenvalue weighted by Crippen LogP contribution is 2.31. The summed E-state index contributed by atoms with van der Waals surface area (Å²) in [4.78, 5) is 0. The zero-order valence-electron chi connectivity index (χ0n) is 11.2. The molecular formula is C16H14F3NO. The topological polar surface area (TPSA) is 21.3 Å². The lowest BCUT2D eigenvalue weighted by Gasteiger charge is -2.18. The fourth-order valence-corrected chi connectivity index (χ4v) is 2.37. The molecule has 2 nitrogen and oxygen atoms in total. The maximum atomic E-state index is 12.5. The summed E-state index contributed by atoms with van der Waals surface area (Å²) in [5, 5.41) is 3.28. The molecule has 0 unspecified atom stereocenters. The van der Waals surface area contributed by atoms with Crippen LogP contribution in [0, 0.1) is 0 Å². The van der Waals surface area contributed by atoms with E-state index in [1.807, 2.05) is 18.2 Å². The van der Waals surface area contributed by atoms with Crippen molar-refractivity contribution >= 4 is 0 Å². The molecular weight excluding hydrogens is 279 g/mol. The Morgan fingerprint density at radius 3 is 2.33 bits per heavy atom. The first kappa shape index (κ1) is 13.9. The van der Waals surface area contributed by atoms with Gasteiger partial charge >= 0.3 is 6.18 Å². The molecule has 0 fully saturated rings. The Morgan fingerprint density at radius 1 is 0.905 bits per heavy atom. The summed E-state index contributed by atoms with van der Waals surface area (Å²) >= 11 is 0. The predicted molar refractivity (Wildman–Crippen MR) is 73.4 cm³/mol. The molecule has 1 heterocycles. The summed E-state index contributed by atoms with van der Waals surface area (Å²) in [5.41, 5.74) is 1.78. The lowest BCUT2D eigenvalue weighted by atomic mass is 10.0. The number of alkyl halides is 3. The fourth-order valence-electron chi connectivity index (χ4n) is 2.37. The summed E-state index contributed by atoms with van der Waals surface area (Å²) in [5.74, 6) is 1.05. The molecule has 1 N–H and O–H groups in total. The number of hydrogen-bond acceptors (Lipinski definition) is 2. The van der Waals surface area contributed by atoms with Gasteiger partial charge in [-0.15, -0.1) is 0 Å². The molecule has 0 atom stereocenters. The molecule has 0 bridgehead atoms. The van der Waals surface area contributed by atoms with Crippen LogP contribution in [0.2, 0.25) is 0 Å². The number of ether oxygens (including phenoxy) is 1. The molecule has 1 aliphatic rings. The summed E-state index contributed by atoms with van der Waals surface area (Å²) < 4.78 is 43.1. The van der Waals surface area contributed by atoms with Crippen LogP contribution in [0.5, 0.6) is 11.5 Å². The lowest BCUT2D eigenvalue weighted by Crippen LogP contribution is -2.23. The third-order valence-electron chi connectivity index (χ3n) is 3.48. The molecule has 2 aromatic carbocycles. The van der Waals surface area contributed by atoms with E-state index in [1.165, 1.54) is 23.3 Å². The second-order valence-corrected chi connectivity index (χ2v) is 4.98. The van der Waals surface area contributed by atoms with E-state index in [-0.39, 0.29) is 0 Å². The minimum Gasteiger partial charge on any atom is -0.457 e. The molecule has 0 amide bonds. The van der Waals surface area contributed by atoms with Gasteiger partial charge < -0.3 is 10.1 Å². The van der Waals surface area contributed by atoms with E-state index in [9.17, 15) is 13.2 Å². The Kier molecular flexibility index (Phi) is 3.59. The predicted octanol–water partition coefficient (Wildman–Crippen LogP) is 4.14. The largest absolute Gasteiger partial charge is 0.457 e. The van der Waals surface area contributed by atoms with E-state index in [2.05, 4.69) is 5.32 Å². The van der Waals surface area contributed by atoms with Crippen molar-refractivity contribution in [2.75, 3.05) is 6.54 Å². The second-order valence-electron chi connectivity index (χ2n) is 4.98. The Labute approximate surface area is 120 Å². The molecule has 3 rings (SSSR count). The van der Waals surface area contributed by atoms with Gasteiger partial charge in [-0.25, -0.2) is 0 Å². The lowest BCUT2D eigenvalue weighted by molar-refractivity contribution is -0.137. The van der Waals surface area contributed by atoms with Gasteiger partial charge in [-0.3, -0.25) is 0 Å². The average molecular weight is 293 g/mol. The Bertz CT molecular complexity index is 635. The van der Waals surface area contributed by atoms with Gasteiger partial charge in [0.1, 0.15) is 11.5 Å². The summed E-state index contributed by atoms with van der Waals surface area (Å²) in [6.45, 7) is 1.77. The van der Waals surface area contributed by atoms with Crippen molar-refractivity contribution in [3.8, 4) is 11.5 Å². The maximum absolute atomic E-state index is 12.5. The van der Waals surface area contributed by atoms with Gasteiger partial charge in [-0.1, -0.05) is 6.07 Å². The first-order valence-electron chi connectivity index (χ1n) is 6.70. The van der Waals surface area contributed by atoms with E-state index in [4.69, 9.17) is 4.74 Å². The standard InChI is InChI=1S/C16H14F3NO/c17-16(18,19)13-2-5-14(6-3-13)21-15-4-1-12-10-20-8-7-11(12)9-15/h1-6,9,20H,7-8,10H2. The van der Waals surface area contributed by atoms with Gasteiger partial charge in [0.15, 0.2) is 0 Å². The summed E-state index contributed by atoms with van der Waals surface area (Å²) in [6, 6.07) is 10.5. The van der Waals surface area contributed by atoms with E-state index >= 15 is 0 Å². The quantitative estimate of drug-likeness (QED) is 0.898. The first-order valence-corrected chi connectivity index (χ1v) is 6.70. The van der Waals surface area contributed by atoms with E-state index < -0.39 is 11.7 Å². The van der Waals surface area contributed by atoms with Crippen LogP contribution in [-0.2, 0) is 19.1 Å². The molecule has 0 spiro atoms. The normalized spacial score (nSPS) is 14.6. The smallest absolute Gasteiger partial charge is 0.416 e. The van der Waals surface area contributed by atoms with Gasteiger partial charge in [0.25, 0.3) is 0 Å². The molecule has 5 heteroatoms. The van der Waals surface area contributed by atoms with Crippen molar-refractivity contribution in [3.05, 3.63) is 59.2 Å². The third kappa shape index (κ3) is 3.19. The molecule has 1 aliphatic heterocycles. The first-order chi connectivity index (χ1) is 10.0. The Balaban J connectivity index is 1.77. The number of nitrogens with one attached hydrogen (secondary N) is 1. The average Bonchev–Trinajstić information content (AvgIpc) is 2.47. The van der Waals surface area contributed by atoms with Crippen molar-refractivity contribution in [3.63, 3.8) is 0 Å².